The number of unbranched alkanes of at least 4 members (excludes halogenated alkanes) is 1. The number of para-hydroxylation sites is 1. The standard InChI is InChI=1S/C26H30N6O/c1-18-29-23-24(21-8-2-3-9-22(21)30-25(23)27)32(18)17-5-4-14-28-26(33)19-10-12-20(13-11-19)31-15-6-7-16-31/h2-3,8-13H,4-7,14-17H2,1H3,(H2,27,30)(H,28,33). The largest absolute Gasteiger partial charge is 0.382 e. The molecule has 0 spiro atoms. The molecule has 3 N–H and O–H groups in total. The number of rotatable bonds is 7. The molecule has 2 aromatic carbocycles. The first-order valence-corrected chi connectivity index (χ1v) is 11.8. The molecule has 170 valence electrons. The molecule has 5 rings (SSSR count). The zero-order chi connectivity index (χ0) is 22.8. The molecule has 1 aliphatic heterocycles. The van der Waals surface area contributed by atoms with Crippen molar-refractivity contribution in [2.75, 3.05) is 30.3 Å². The average molecular weight is 443 g/mol. The van der Waals surface area contributed by atoms with Crippen LogP contribution in [0.5, 0.6) is 0 Å². The first-order chi connectivity index (χ1) is 16.1. The van der Waals surface area contributed by atoms with Crippen molar-refractivity contribution in [3.8, 4) is 0 Å². The molecule has 7 heteroatoms. The van der Waals surface area contributed by atoms with Crippen molar-refractivity contribution in [2.45, 2.75) is 39.2 Å². The zero-order valence-electron chi connectivity index (χ0n) is 19.1. The van der Waals surface area contributed by atoms with Gasteiger partial charge in [0.25, 0.3) is 5.91 Å². The highest BCUT2D eigenvalue weighted by molar-refractivity contribution is 6.06. The Labute approximate surface area is 193 Å². The molecule has 3 heterocycles. The minimum atomic E-state index is -0.0166. The van der Waals surface area contributed by atoms with Gasteiger partial charge >= 0.3 is 0 Å². The van der Waals surface area contributed by atoms with Gasteiger partial charge in [0, 0.05) is 42.8 Å². The summed E-state index contributed by atoms with van der Waals surface area (Å²) >= 11 is 0. The Morgan fingerprint density at radius 1 is 1.03 bits per heavy atom. The lowest BCUT2D eigenvalue weighted by Crippen LogP contribution is -2.25. The molecule has 0 saturated carbocycles. The molecule has 2 aromatic heterocycles. The number of pyridine rings is 1. The fraction of sp³-hybridized carbons (Fsp3) is 0.346. The number of aryl methyl sites for hydroxylation is 2. The van der Waals surface area contributed by atoms with Crippen LogP contribution in [0.1, 0.15) is 41.9 Å². The van der Waals surface area contributed by atoms with Gasteiger partial charge < -0.3 is 20.5 Å². The lowest BCUT2D eigenvalue weighted by atomic mass is 10.1. The normalized spacial score (nSPS) is 13.8. The van der Waals surface area contributed by atoms with Gasteiger partial charge in [-0.05, 0) is 62.9 Å². The van der Waals surface area contributed by atoms with E-state index in [1.807, 2.05) is 37.3 Å². The Morgan fingerprint density at radius 2 is 1.79 bits per heavy atom. The van der Waals surface area contributed by atoms with Crippen molar-refractivity contribution in [3.05, 3.63) is 59.9 Å². The molecule has 1 fully saturated rings. The van der Waals surface area contributed by atoms with Crippen LogP contribution in [-0.2, 0) is 6.54 Å². The number of benzene rings is 2. The van der Waals surface area contributed by atoms with Crippen molar-refractivity contribution >= 4 is 39.3 Å². The third-order valence-corrected chi connectivity index (χ3v) is 6.50. The number of nitrogens with zero attached hydrogens (tertiary/aromatic N) is 4. The van der Waals surface area contributed by atoms with E-state index in [9.17, 15) is 4.79 Å². The minimum Gasteiger partial charge on any atom is -0.382 e. The van der Waals surface area contributed by atoms with Gasteiger partial charge in [0.2, 0.25) is 0 Å². The Hall–Kier alpha value is -3.61. The highest BCUT2D eigenvalue weighted by Crippen LogP contribution is 2.28. The lowest BCUT2D eigenvalue weighted by molar-refractivity contribution is 0.0953. The number of aromatic nitrogens is 3. The molecule has 1 amide bonds. The van der Waals surface area contributed by atoms with Crippen molar-refractivity contribution in [2.24, 2.45) is 0 Å². The Kier molecular flexibility index (Phi) is 5.86. The maximum absolute atomic E-state index is 12.5. The predicted molar refractivity (Wildman–Crippen MR) is 134 cm³/mol. The second-order valence-electron chi connectivity index (χ2n) is 8.73. The summed E-state index contributed by atoms with van der Waals surface area (Å²) in [4.78, 5) is 24.1. The summed E-state index contributed by atoms with van der Waals surface area (Å²) in [6.07, 6.45) is 4.31. The summed E-state index contributed by atoms with van der Waals surface area (Å²) in [6.45, 7) is 5.67. The van der Waals surface area contributed by atoms with Crippen molar-refractivity contribution in [1.29, 1.82) is 0 Å². The maximum atomic E-state index is 12.5. The van der Waals surface area contributed by atoms with Gasteiger partial charge in [-0.3, -0.25) is 4.79 Å². The molecule has 0 bridgehead atoms. The van der Waals surface area contributed by atoms with Crippen LogP contribution in [0.25, 0.3) is 21.9 Å². The van der Waals surface area contributed by atoms with Crippen LogP contribution in [-0.4, -0.2) is 40.1 Å². The molecule has 1 aliphatic rings. The van der Waals surface area contributed by atoms with Crippen LogP contribution in [0.4, 0.5) is 11.5 Å². The maximum Gasteiger partial charge on any atom is 0.251 e. The van der Waals surface area contributed by atoms with E-state index < -0.39 is 0 Å². The van der Waals surface area contributed by atoms with Crippen molar-refractivity contribution in [3.63, 3.8) is 0 Å². The van der Waals surface area contributed by atoms with E-state index in [0.29, 0.717) is 17.9 Å². The molecular formula is C26H30N6O. The number of nitrogens with two attached hydrogens (primary N) is 1. The van der Waals surface area contributed by atoms with Gasteiger partial charge in [-0.25, -0.2) is 9.97 Å². The molecule has 1 saturated heterocycles. The van der Waals surface area contributed by atoms with Gasteiger partial charge in [0.05, 0.1) is 11.0 Å². The summed E-state index contributed by atoms with van der Waals surface area (Å²) < 4.78 is 2.22. The molecular weight excluding hydrogens is 412 g/mol. The van der Waals surface area contributed by atoms with Crippen molar-refractivity contribution < 1.29 is 4.79 Å². The predicted octanol–water partition coefficient (Wildman–Crippen LogP) is 4.29. The number of hydrogen-bond acceptors (Lipinski definition) is 5. The first-order valence-electron chi connectivity index (χ1n) is 11.8. The van der Waals surface area contributed by atoms with E-state index in [1.165, 1.54) is 18.5 Å². The molecule has 4 aromatic rings. The van der Waals surface area contributed by atoms with E-state index in [2.05, 4.69) is 43.0 Å². The first kappa shape index (κ1) is 21.2. The third-order valence-electron chi connectivity index (χ3n) is 6.50. The van der Waals surface area contributed by atoms with Crippen LogP contribution in [0.3, 0.4) is 0 Å². The average Bonchev–Trinajstić information content (AvgIpc) is 3.48. The number of carbonyl (C=O) groups excluding carboxylic acids is 1. The fourth-order valence-electron chi connectivity index (χ4n) is 4.74. The highest BCUT2D eigenvalue weighted by atomic mass is 16.1. The molecule has 0 atom stereocenters. The minimum absolute atomic E-state index is 0.0166. The van der Waals surface area contributed by atoms with Crippen LogP contribution < -0.4 is 16.0 Å². The lowest BCUT2D eigenvalue weighted by Gasteiger charge is -2.17. The number of fused-ring (bicyclic) bond motifs is 3. The summed E-state index contributed by atoms with van der Waals surface area (Å²) in [7, 11) is 0. The highest BCUT2D eigenvalue weighted by Gasteiger charge is 2.15. The molecule has 0 unspecified atom stereocenters. The quantitative estimate of drug-likeness (QED) is 0.417. The third kappa shape index (κ3) is 4.23. The van der Waals surface area contributed by atoms with E-state index in [1.54, 1.807) is 0 Å². The van der Waals surface area contributed by atoms with Gasteiger partial charge in [-0.15, -0.1) is 0 Å². The molecule has 0 aliphatic carbocycles. The van der Waals surface area contributed by atoms with E-state index >= 15 is 0 Å². The van der Waals surface area contributed by atoms with Gasteiger partial charge in [-0.1, -0.05) is 18.2 Å². The number of nitrogens with one attached hydrogen (secondary N) is 1. The number of amides is 1. The number of carbonyl (C=O) groups is 1. The van der Waals surface area contributed by atoms with E-state index in [-0.39, 0.29) is 5.91 Å². The van der Waals surface area contributed by atoms with Gasteiger partial charge in [0.1, 0.15) is 11.3 Å². The summed E-state index contributed by atoms with van der Waals surface area (Å²) in [5.41, 5.74) is 10.8. The van der Waals surface area contributed by atoms with Crippen LogP contribution in [0, 0.1) is 6.92 Å². The number of imidazole rings is 1. The van der Waals surface area contributed by atoms with Crippen LogP contribution in [0.15, 0.2) is 48.5 Å². The smallest absolute Gasteiger partial charge is 0.251 e. The Balaban J connectivity index is 1.19. The zero-order valence-corrected chi connectivity index (χ0v) is 19.1. The summed E-state index contributed by atoms with van der Waals surface area (Å²) in [5, 5.41) is 4.11. The number of nitrogen functional groups attached to an aromatic ring is 1. The van der Waals surface area contributed by atoms with Crippen LogP contribution >= 0.6 is 0 Å². The Morgan fingerprint density at radius 3 is 2.58 bits per heavy atom. The number of hydrogen-bond donors (Lipinski definition) is 2. The topological polar surface area (TPSA) is 89.1 Å². The fourth-order valence-corrected chi connectivity index (χ4v) is 4.74. The number of anilines is 2. The van der Waals surface area contributed by atoms with E-state index in [4.69, 9.17) is 5.73 Å². The van der Waals surface area contributed by atoms with E-state index in [0.717, 1.165) is 60.2 Å². The van der Waals surface area contributed by atoms with Crippen LogP contribution in [0.2, 0.25) is 0 Å². The summed E-state index contributed by atoms with van der Waals surface area (Å²) in [6, 6.07) is 16.0. The molecule has 33 heavy (non-hydrogen) atoms. The molecule has 0 radical (unpaired) electrons. The second-order valence-corrected chi connectivity index (χ2v) is 8.73. The monoisotopic (exact) mass is 442 g/mol. The van der Waals surface area contributed by atoms with Crippen molar-refractivity contribution in [1.82, 2.24) is 19.9 Å². The SMILES string of the molecule is Cc1nc2c(N)nc3ccccc3c2n1CCCCNC(=O)c1ccc(N2CCCC2)cc1. The summed E-state index contributed by atoms with van der Waals surface area (Å²) in [5.74, 6) is 1.38. The Bertz CT molecular complexity index is 1290. The second kappa shape index (κ2) is 9.10. The molecule has 7 nitrogen and oxygen atoms in total. The van der Waals surface area contributed by atoms with Gasteiger partial charge in [0.15, 0.2) is 5.82 Å². The van der Waals surface area contributed by atoms with Gasteiger partial charge in [-0.2, -0.15) is 0 Å².